The number of rotatable bonds is 7. The number of amides is 2. The van der Waals surface area contributed by atoms with E-state index in [0.717, 1.165) is 6.42 Å². The Morgan fingerprint density at radius 2 is 1.59 bits per heavy atom. The number of ether oxygens (including phenoxy) is 1. The summed E-state index contributed by atoms with van der Waals surface area (Å²) in [5.41, 5.74) is 7.64. The molecule has 142 valence electrons. The standard InChI is InChI=1S/C22H26N2O3/c23-21(25)11-12-22(26)24-13-14-27-19(16-24)15-20(17-7-3-1-4-8-17)18-9-5-2-6-10-18/h1-10,19-20H,11-16H2,(H2,23,25)/t19-/m0/s1. The number of primary amides is 1. The quantitative estimate of drug-likeness (QED) is 0.819. The molecule has 1 heterocycles. The molecule has 0 saturated carbocycles. The maximum Gasteiger partial charge on any atom is 0.223 e. The second-order valence-electron chi connectivity index (χ2n) is 6.91. The SMILES string of the molecule is NC(=O)CCC(=O)N1CCO[C@@H](CC(c2ccccc2)c2ccccc2)C1. The number of hydrogen-bond acceptors (Lipinski definition) is 3. The van der Waals surface area contributed by atoms with Gasteiger partial charge in [0.15, 0.2) is 0 Å². The van der Waals surface area contributed by atoms with E-state index in [1.54, 1.807) is 4.90 Å². The van der Waals surface area contributed by atoms with Gasteiger partial charge in [-0.3, -0.25) is 9.59 Å². The average Bonchev–Trinajstić information content (AvgIpc) is 2.71. The van der Waals surface area contributed by atoms with E-state index in [-0.39, 0.29) is 30.8 Å². The van der Waals surface area contributed by atoms with Gasteiger partial charge in [-0.1, -0.05) is 60.7 Å². The molecule has 1 atom stereocenters. The summed E-state index contributed by atoms with van der Waals surface area (Å²) in [4.78, 5) is 25.1. The molecule has 2 amide bonds. The van der Waals surface area contributed by atoms with Crippen LogP contribution < -0.4 is 5.73 Å². The minimum absolute atomic E-state index is 0.0296. The highest BCUT2D eigenvalue weighted by Crippen LogP contribution is 2.30. The molecule has 0 spiro atoms. The summed E-state index contributed by atoms with van der Waals surface area (Å²) in [5, 5.41) is 0. The zero-order chi connectivity index (χ0) is 19.1. The maximum atomic E-state index is 12.3. The fraction of sp³-hybridized carbons (Fsp3) is 0.364. The first kappa shape index (κ1) is 19.1. The van der Waals surface area contributed by atoms with E-state index in [9.17, 15) is 9.59 Å². The fourth-order valence-corrected chi connectivity index (χ4v) is 3.57. The van der Waals surface area contributed by atoms with E-state index in [0.29, 0.717) is 19.7 Å². The van der Waals surface area contributed by atoms with Crippen LogP contribution in [0.4, 0.5) is 0 Å². The summed E-state index contributed by atoms with van der Waals surface area (Å²) in [5.74, 6) is -0.266. The summed E-state index contributed by atoms with van der Waals surface area (Å²) in [6.45, 7) is 1.63. The van der Waals surface area contributed by atoms with Gasteiger partial charge in [0.05, 0.1) is 12.7 Å². The van der Waals surface area contributed by atoms with Crippen molar-refractivity contribution < 1.29 is 14.3 Å². The summed E-state index contributed by atoms with van der Waals surface area (Å²) in [6, 6.07) is 20.8. The first-order valence-electron chi connectivity index (χ1n) is 9.41. The predicted molar refractivity (Wildman–Crippen MR) is 104 cm³/mol. The fourth-order valence-electron chi connectivity index (χ4n) is 3.57. The number of benzene rings is 2. The van der Waals surface area contributed by atoms with Crippen LogP contribution in [0.1, 0.15) is 36.3 Å². The third-order valence-corrected chi connectivity index (χ3v) is 4.98. The molecule has 0 bridgehead atoms. The number of carbonyl (C=O) groups is 2. The van der Waals surface area contributed by atoms with Gasteiger partial charge in [-0.25, -0.2) is 0 Å². The molecule has 5 heteroatoms. The maximum absolute atomic E-state index is 12.3. The van der Waals surface area contributed by atoms with Gasteiger partial charge in [-0.15, -0.1) is 0 Å². The van der Waals surface area contributed by atoms with E-state index < -0.39 is 5.91 Å². The lowest BCUT2D eigenvalue weighted by molar-refractivity contribution is -0.140. The molecule has 2 aromatic carbocycles. The summed E-state index contributed by atoms with van der Waals surface area (Å²) in [6.07, 6.45) is 1.02. The highest BCUT2D eigenvalue weighted by atomic mass is 16.5. The minimum atomic E-state index is -0.443. The van der Waals surface area contributed by atoms with Crippen LogP contribution in [0.5, 0.6) is 0 Å². The van der Waals surface area contributed by atoms with Crippen molar-refractivity contribution in [3.8, 4) is 0 Å². The number of carbonyl (C=O) groups excluding carboxylic acids is 2. The number of hydrogen-bond donors (Lipinski definition) is 1. The second-order valence-corrected chi connectivity index (χ2v) is 6.91. The van der Waals surface area contributed by atoms with Gasteiger partial charge in [0.25, 0.3) is 0 Å². The van der Waals surface area contributed by atoms with Gasteiger partial charge in [0.1, 0.15) is 0 Å². The van der Waals surface area contributed by atoms with E-state index >= 15 is 0 Å². The summed E-state index contributed by atoms with van der Waals surface area (Å²) < 4.78 is 5.97. The first-order valence-corrected chi connectivity index (χ1v) is 9.41. The van der Waals surface area contributed by atoms with Crippen LogP contribution in [-0.2, 0) is 14.3 Å². The van der Waals surface area contributed by atoms with Crippen LogP contribution in [0.15, 0.2) is 60.7 Å². The van der Waals surface area contributed by atoms with E-state index in [4.69, 9.17) is 10.5 Å². The number of nitrogens with zero attached hydrogens (tertiary/aromatic N) is 1. The summed E-state index contributed by atoms with van der Waals surface area (Å²) in [7, 11) is 0. The molecule has 1 saturated heterocycles. The second kappa shape index (κ2) is 9.33. The highest BCUT2D eigenvalue weighted by molar-refractivity contribution is 5.82. The first-order chi connectivity index (χ1) is 13.1. The smallest absolute Gasteiger partial charge is 0.223 e. The topological polar surface area (TPSA) is 72.6 Å². The van der Waals surface area contributed by atoms with Crippen LogP contribution in [-0.4, -0.2) is 42.5 Å². The van der Waals surface area contributed by atoms with Crippen LogP contribution in [0.2, 0.25) is 0 Å². The Hall–Kier alpha value is -2.66. The van der Waals surface area contributed by atoms with Gasteiger partial charge in [0.2, 0.25) is 11.8 Å². The molecule has 1 fully saturated rings. The lowest BCUT2D eigenvalue weighted by Gasteiger charge is -2.35. The molecular formula is C22H26N2O3. The van der Waals surface area contributed by atoms with Crippen molar-refractivity contribution in [2.45, 2.75) is 31.3 Å². The molecule has 5 nitrogen and oxygen atoms in total. The molecule has 0 aromatic heterocycles. The lowest BCUT2D eigenvalue weighted by Crippen LogP contribution is -2.46. The summed E-state index contributed by atoms with van der Waals surface area (Å²) >= 11 is 0. The Morgan fingerprint density at radius 1 is 1.00 bits per heavy atom. The molecule has 3 rings (SSSR count). The monoisotopic (exact) mass is 366 g/mol. The van der Waals surface area contributed by atoms with Crippen molar-refractivity contribution in [2.75, 3.05) is 19.7 Å². The molecule has 0 aliphatic carbocycles. The molecule has 1 aliphatic rings. The number of morpholine rings is 1. The third kappa shape index (κ3) is 5.41. The van der Waals surface area contributed by atoms with E-state index in [1.165, 1.54) is 11.1 Å². The molecule has 1 aliphatic heterocycles. The lowest BCUT2D eigenvalue weighted by atomic mass is 9.86. The van der Waals surface area contributed by atoms with Crippen molar-refractivity contribution in [3.63, 3.8) is 0 Å². The molecule has 2 aromatic rings. The largest absolute Gasteiger partial charge is 0.375 e. The molecular weight excluding hydrogens is 340 g/mol. The van der Waals surface area contributed by atoms with Crippen molar-refractivity contribution in [1.29, 1.82) is 0 Å². The zero-order valence-electron chi connectivity index (χ0n) is 15.4. The Balaban J connectivity index is 1.70. The Labute approximate surface area is 160 Å². The van der Waals surface area contributed by atoms with Crippen molar-refractivity contribution in [1.82, 2.24) is 4.90 Å². The Kier molecular flexibility index (Phi) is 6.60. The third-order valence-electron chi connectivity index (χ3n) is 4.98. The van der Waals surface area contributed by atoms with Crippen LogP contribution in [0.25, 0.3) is 0 Å². The van der Waals surface area contributed by atoms with Crippen molar-refractivity contribution >= 4 is 11.8 Å². The van der Waals surface area contributed by atoms with Crippen molar-refractivity contribution in [3.05, 3.63) is 71.8 Å². The minimum Gasteiger partial charge on any atom is -0.375 e. The Bertz CT molecular complexity index is 709. The average molecular weight is 366 g/mol. The van der Waals surface area contributed by atoms with Gasteiger partial charge in [-0.2, -0.15) is 0 Å². The number of nitrogens with two attached hydrogens (primary N) is 1. The van der Waals surface area contributed by atoms with E-state index in [1.807, 2.05) is 36.4 Å². The predicted octanol–water partition coefficient (Wildman–Crippen LogP) is 2.70. The van der Waals surface area contributed by atoms with Crippen LogP contribution >= 0.6 is 0 Å². The molecule has 2 N–H and O–H groups in total. The normalized spacial score (nSPS) is 17.1. The zero-order valence-corrected chi connectivity index (χ0v) is 15.4. The van der Waals surface area contributed by atoms with Gasteiger partial charge >= 0.3 is 0 Å². The molecule has 0 radical (unpaired) electrons. The van der Waals surface area contributed by atoms with Crippen LogP contribution in [0.3, 0.4) is 0 Å². The Morgan fingerprint density at radius 3 is 2.15 bits per heavy atom. The van der Waals surface area contributed by atoms with Gasteiger partial charge in [0, 0.05) is 31.8 Å². The van der Waals surface area contributed by atoms with Gasteiger partial charge < -0.3 is 15.4 Å². The highest BCUT2D eigenvalue weighted by Gasteiger charge is 2.27. The van der Waals surface area contributed by atoms with Crippen molar-refractivity contribution in [2.24, 2.45) is 5.73 Å². The van der Waals surface area contributed by atoms with E-state index in [2.05, 4.69) is 24.3 Å². The molecule has 0 unspecified atom stereocenters. The van der Waals surface area contributed by atoms with Crippen LogP contribution in [0, 0.1) is 0 Å². The van der Waals surface area contributed by atoms with Gasteiger partial charge in [-0.05, 0) is 17.5 Å². The molecule has 27 heavy (non-hydrogen) atoms.